The Morgan fingerprint density at radius 3 is 2.17 bits per heavy atom. The Bertz CT molecular complexity index is 2530. The summed E-state index contributed by atoms with van der Waals surface area (Å²) < 4.78 is 19.1. The molecule has 7 heteroatoms. The standard InChI is InChI=1S/C45H32N3O3.Pt/c1-45(2,31-13-4-3-5-14-31)37-25-26-46-29-44(37)51-42-22-11-9-20-40(42)48-30-47(38-18-7-8-19-39(38)48)32-15-12-16-33(27-32)49-34-23-24-36-35-17-6-10-21-41(35)50-43(36)28-34;/h3-26,29-30H,1-2H3;/q-3;. The summed E-state index contributed by atoms with van der Waals surface area (Å²) in [5.41, 5.74) is 7.14. The maximum atomic E-state index is 6.77. The van der Waals surface area contributed by atoms with Gasteiger partial charge in [0.2, 0.25) is 0 Å². The van der Waals surface area contributed by atoms with Gasteiger partial charge in [-0.05, 0) is 47.3 Å². The SMILES string of the molecule is CC(C)(c1ccccc1)c1ccncc1Oc1ccccc1N1[CH-]N(c2[c-]c(Oc3[c-]c4oc5ccccc5c4cc3)ccc2)c2ccccc21.[Pt]. The summed E-state index contributed by atoms with van der Waals surface area (Å²) in [5, 5.41) is 2.06. The van der Waals surface area contributed by atoms with Gasteiger partial charge in [-0.25, -0.2) is 0 Å². The van der Waals surface area contributed by atoms with Crippen molar-refractivity contribution in [2.24, 2.45) is 0 Å². The van der Waals surface area contributed by atoms with Crippen LogP contribution in [0.3, 0.4) is 0 Å². The molecule has 2 aromatic heterocycles. The average Bonchev–Trinajstić information content (AvgIpc) is 3.74. The number of para-hydroxylation sites is 5. The Balaban J connectivity index is 0.00000387. The van der Waals surface area contributed by atoms with E-state index in [-0.39, 0.29) is 26.5 Å². The molecule has 6 nitrogen and oxygen atoms in total. The largest absolute Gasteiger partial charge is 0.509 e. The number of pyridine rings is 1. The van der Waals surface area contributed by atoms with Crippen molar-refractivity contribution in [3.8, 4) is 23.0 Å². The molecule has 0 amide bonds. The molecule has 0 saturated carbocycles. The van der Waals surface area contributed by atoms with Crippen LogP contribution < -0.4 is 19.3 Å². The molecule has 0 N–H and O–H groups in total. The topological polar surface area (TPSA) is 51.0 Å². The van der Waals surface area contributed by atoms with E-state index in [2.05, 4.69) is 89.9 Å². The molecule has 0 unspecified atom stereocenters. The average molecular weight is 858 g/mol. The Morgan fingerprint density at radius 2 is 1.33 bits per heavy atom. The number of hydrogen-bond donors (Lipinski definition) is 0. The van der Waals surface area contributed by atoms with E-state index in [4.69, 9.17) is 13.9 Å². The minimum Gasteiger partial charge on any atom is -0.509 e. The summed E-state index contributed by atoms with van der Waals surface area (Å²) in [6.07, 6.45) is 3.62. The molecule has 8 aromatic rings. The van der Waals surface area contributed by atoms with Crippen LogP contribution in [0.4, 0.5) is 22.7 Å². The first kappa shape index (κ1) is 33.3. The van der Waals surface area contributed by atoms with Crippen LogP contribution in [0.25, 0.3) is 21.9 Å². The Kier molecular flexibility index (Phi) is 8.78. The van der Waals surface area contributed by atoms with E-state index in [1.165, 1.54) is 5.56 Å². The number of hydrogen-bond acceptors (Lipinski definition) is 6. The molecule has 0 bridgehead atoms. The van der Waals surface area contributed by atoms with E-state index in [1.54, 1.807) is 6.20 Å². The second-order valence-electron chi connectivity index (χ2n) is 12.9. The number of ether oxygens (including phenoxy) is 2. The first-order valence-electron chi connectivity index (χ1n) is 16.9. The van der Waals surface area contributed by atoms with Crippen LogP contribution >= 0.6 is 0 Å². The molecule has 3 heterocycles. The minimum atomic E-state index is -0.309. The van der Waals surface area contributed by atoms with Gasteiger partial charge in [-0.2, -0.15) is 12.1 Å². The molecule has 6 aromatic carbocycles. The van der Waals surface area contributed by atoms with Gasteiger partial charge in [-0.3, -0.25) is 4.98 Å². The van der Waals surface area contributed by atoms with E-state index >= 15 is 0 Å². The minimum absolute atomic E-state index is 0. The number of anilines is 4. The summed E-state index contributed by atoms with van der Waals surface area (Å²) >= 11 is 0. The van der Waals surface area contributed by atoms with Gasteiger partial charge in [0.15, 0.2) is 0 Å². The van der Waals surface area contributed by atoms with Crippen LogP contribution in [0.2, 0.25) is 0 Å². The Hall–Kier alpha value is -5.84. The van der Waals surface area contributed by atoms with E-state index in [0.717, 1.165) is 44.7 Å². The third-order valence-electron chi connectivity index (χ3n) is 9.43. The van der Waals surface area contributed by atoms with E-state index in [0.29, 0.717) is 28.6 Å². The Morgan fingerprint density at radius 1 is 0.615 bits per heavy atom. The van der Waals surface area contributed by atoms with Crippen LogP contribution in [-0.4, -0.2) is 4.98 Å². The maximum absolute atomic E-state index is 6.77. The van der Waals surface area contributed by atoms with Crippen LogP contribution in [0.15, 0.2) is 156 Å². The van der Waals surface area contributed by atoms with Crippen molar-refractivity contribution in [1.82, 2.24) is 4.98 Å². The van der Waals surface area contributed by atoms with Crippen molar-refractivity contribution < 1.29 is 35.0 Å². The summed E-state index contributed by atoms with van der Waals surface area (Å²) in [4.78, 5) is 8.71. The molecule has 0 aliphatic carbocycles. The third-order valence-corrected chi connectivity index (χ3v) is 9.43. The van der Waals surface area contributed by atoms with E-state index in [1.807, 2.05) is 103 Å². The molecule has 0 fully saturated rings. The molecule has 0 atom stereocenters. The summed E-state index contributed by atoms with van der Waals surface area (Å²) in [7, 11) is 0. The van der Waals surface area contributed by atoms with Gasteiger partial charge < -0.3 is 23.7 Å². The predicted octanol–water partition coefficient (Wildman–Crippen LogP) is 11.9. The molecule has 9 rings (SSSR count). The fraction of sp³-hybridized carbons (Fsp3) is 0.0667. The number of furan rings is 1. The molecule has 258 valence electrons. The van der Waals surface area contributed by atoms with E-state index in [9.17, 15) is 0 Å². The first-order valence-corrected chi connectivity index (χ1v) is 16.9. The molecule has 1 aliphatic rings. The third kappa shape index (κ3) is 5.99. The fourth-order valence-corrected chi connectivity index (χ4v) is 6.79. The quantitative estimate of drug-likeness (QED) is 0.142. The number of rotatable bonds is 8. The number of nitrogens with zero attached hydrogens (tertiary/aromatic N) is 3. The molecule has 0 radical (unpaired) electrons. The zero-order valence-electron chi connectivity index (χ0n) is 28.4. The van der Waals surface area contributed by atoms with Crippen LogP contribution in [0, 0.1) is 18.8 Å². The van der Waals surface area contributed by atoms with Crippen molar-refractivity contribution in [1.29, 1.82) is 0 Å². The zero-order chi connectivity index (χ0) is 34.4. The van der Waals surface area contributed by atoms with Crippen molar-refractivity contribution in [2.75, 3.05) is 9.80 Å². The molecule has 1 aliphatic heterocycles. The van der Waals surface area contributed by atoms with Gasteiger partial charge >= 0.3 is 0 Å². The number of benzene rings is 6. The van der Waals surface area contributed by atoms with Gasteiger partial charge in [0.1, 0.15) is 17.1 Å². The van der Waals surface area contributed by atoms with Gasteiger partial charge in [0.05, 0.1) is 11.9 Å². The van der Waals surface area contributed by atoms with Crippen LogP contribution in [0.1, 0.15) is 25.0 Å². The summed E-state index contributed by atoms with van der Waals surface area (Å²) in [6.45, 7) is 6.48. The summed E-state index contributed by atoms with van der Waals surface area (Å²) in [5.74, 6) is 2.54. The Labute approximate surface area is 317 Å². The van der Waals surface area contributed by atoms with Crippen molar-refractivity contribution in [2.45, 2.75) is 19.3 Å². The zero-order valence-corrected chi connectivity index (χ0v) is 30.7. The fourth-order valence-electron chi connectivity index (χ4n) is 6.79. The van der Waals surface area contributed by atoms with E-state index < -0.39 is 0 Å². The molecular weight excluding hydrogens is 826 g/mol. The molecular formula is C45H32N3O3Pt-3. The second kappa shape index (κ2) is 13.7. The number of fused-ring (bicyclic) bond motifs is 4. The summed E-state index contributed by atoms with van der Waals surface area (Å²) in [6, 6.07) is 53.4. The van der Waals surface area contributed by atoms with Crippen molar-refractivity contribution >= 4 is 44.7 Å². The normalized spacial score (nSPS) is 12.5. The predicted molar refractivity (Wildman–Crippen MR) is 202 cm³/mol. The van der Waals surface area contributed by atoms with Gasteiger partial charge in [0, 0.05) is 66.7 Å². The van der Waals surface area contributed by atoms with Crippen molar-refractivity contribution in [3.63, 3.8) is 0 Å². The first-order chi connectivity index (χ1) is 25.0. The van der Waals surface area contributed by atoms with Crippen LogP contribution in [-0.2, 0) is 26.5 Å². The molecule has 52 heavy (non-hydrogen) atoms. The van der Waals surface area contributed by atoms with Crippen molar-refractivity contribution in [3.05, 3.63) is 182 Å². The van der Waals surface area contributed by atoms with Gasteiger partial charge in [0.25, 0.3) is 0 Å². The maximum Gasteiger partial charge on any atom is 0.149 e. The molecule has 0 spiro atoms. The molecule has 0 saturated heterocycles. The monoisotopic (exact) mass is 857 g/mol. The van der Waals surface area contributed by atoms with Gasteiger partial charge in [-0.15, -0.1) is 36.6 Å². The number of aromatic nitrogens is 1. The van der Waals surface area contributed by atoms with Gasteiger partial charge in [-0.1, -0.05) is 98.1 Å². The van der Waals surface area contributed by atoms with Crippen LogP contribution in [0.5, 0.6) is 23.0 Å². The second-order valence-corrected chi connectivity index (χ2v) is 12.9. The smallest absolute Gasteiger partial charge is 0.149 e.